The minimum Gasteiger partial charge on any atom is -0.380 e. The summed E-state index contributed by atoms with van der Waals surface area (Å²) in [4.78, 5) is 28.4. The van der Waals surface area contributed by atoms with E-state index in [2.05, 4.69) is 10.4 Å². The van der Waals surface area contributed by atoms with Crippen LogP contribution < -0.4 is 5.43 Å². The second kappa shape index (κ2) is 7.63. The van der Waals surface area contributed by atoms with Crippen molar-refractivity contribution in [3.05, 3.63) is 22.8 Å². The number of hydrogen-bond acceptors (Lipinski definition) is 5. The molecule has 1 aliphatic rings. The van der Waals surface area contributed by atoms with Gasteiger partial charge in [0.1, 0.15) is 11.0 Å². The molecule has 0 saturated carbocycles. The lowest BCUT2D eigenvalue weighted by molar-refractivity contribution is -0.139. The normalized spacial score (nSPS) is 21.1. The average molecular weight is 408 g/mol. The first-order valence-electron chi connectivity index (χ1n) is 8.27. The van der Waals surface area contributed by atoms with Crippen LogP contribution in [-0.2, 0) is 20.5 Å². The van der Waals surface area contributed by atoms with Gasteiger partial charge < -0.3 is 4.74 Å². The molecule has 0 aromatic carbocycles. The highest BCUT2D eigenvalue weighted by Crippen LogP contribution is 2.34. The van der Waals surface area contributed by atoms with Gasteiger partial charge in [0.05, 0.1) is 30.6 Å². The maximum atomic E-state index is 12.7. The second-order valence-electron chi connectivity index (χ2n) is 7.63. The van der Waals surface area contributed by atoms with E-state index in [0.717, 1.165) is 17.1 Å². The first-order chi connectivity index (χ1) is 12.3. The molecule has 1 fully saturated rings. The first-order valence-corrected chi connectivity index (χ1v) is 8.65. The zero-order chi connectivity index (χ0) is 20.6. The Bertz CT molecular complexity index is 734. The highest BCUT2D eigenvalue weighted by atomic mass is 35.5. The highest BCUT2D eigenvalue weighted by Gasteiger charge is 2.46. The number of carbonyl (C=O) groups is 2. The maximum absolute atomic E-state index is 12.7. The fraction of sp³-hybridized carbons (Fsp3) is 0.588. The summed E-state index contributed by atoms with van der Waals surface area (Å²) in [5.74, 6) is -2.49. The predicted molar refractivity (Wildman–Crippen MR) is 92.7 cm³/mol. The summed E-state index contributed by atoms with van der Waals surface area (Å²) < 4.78 is 43.8. The minimum atomic E-state index is -4.65. The number of nitrogens with one attached hydrogen (secondary N) is 1. The van der Waals surface area contributed by atoms with E-state index in [0.29, 0.717) is 6.61 Å². The van der Waals surface area contributed by atoms with Crippen LogP contribution in [0, 0.1) is 17.3 Å². The Balaban J connectivity index is 2.09. The van der Waals surface area contributed by atoms with Crippen LogP contribution in [0.5, 0.6) is 0 Å². The third-order valence-electron chi connectivity index (χ3n) is 3.96. The van der Waals surface area contributed by atoms with Gasteiger partial charge >= 0.3 is 6.18 Å². The van der Waals surface area contributed by atoms with Crippen molar-refractivity contribution in [1.29, 1.82) is 0 Å². The lowest BCUT2D eigenvalue weighted by Gasteiger charge is -2.20. The molecule has 1 aromatic rings. The molecule has 1 N–H and O–H groups in total. The number of imide groups is 1. The Morgan fingerprint density at radius 3 is 2.37 bits per heavy atom. The molecule has 0 spiro atoms. The summed E-state index contributed by atoms with van der Waals surface area (Å²) in [6, 6.07) is 1.74. The molecule has 1 saturated heterocycles. The van der Waals surface area contributed by atoms with E-state index in [-0.39, 0.29) is 17.8 Å². The summed E-state index contributed by atoms with van der Waals surface area (Å²) in [6.45, 7) is 8.02. The summed E-state index contributed by atoms with van der Waals surface area (Å²) >= 11 is 5.56. The van der Waals surface area contributed by atoms with Crippen molar-refractivity contribution >= 4 is 29.2 Å². The number of alkyl halides is 3. The largest absolute Gasteiger partial charge is 0.419 e. The van der Waals surface area contributed by atoms with Crippen molar-refractivity contribution in [1.82, 2.24) is 9.99 Å². The number of anilines is 1. The SMILES string of the molecule is CC1C(=O)N(Nc2ccc(C(F)(F)F)c(Cl)n2)C(=O)C1COCC(C)(C)C. The highest BCUT2D eigenvalue weighted by molar-refractivity contribution is 6.30. The van der Waals surface area contributed by atoms with Crippen LogP contribution in [0.25, 0.3) is 0 Å². The topological polar surface area (TPSA) is 71.5 Å². The Morgan fingerprint density at radius 1 is 1.22 bits per heavy atom. The summed E-state index contributed by atoms with van der Waals surface area (Å²) in [6.07, 6.45) is -4.65. The Morgan fingerprint density at radius 2 is 1.85 bits per heavy atom. The molecule has 2 atom stereocenters. The fourth-order valence-corrected chi connectivity index (χ4v) is 2.77. The number of rotatable bonds is 5. The molecular formula is C17H21ClF3N3O3. The monoisotopic (exact) mass is 407 g/mol. The van der Waals surface area contributed by atoms with Crippen molar-refractivity contribution < 1.29 is 27.5 Å². The first kappa shape index (κ1) is 21.4. The number of nitrogens with zero attached hydrogens (tertiary/aromatic N) is 2. The van der Waals surface area contributed by atoms with E-state index in [4.69, 9.17) is 16.3 Å². The van der Waals surface area contributed by atoms with Crippen LogP contribution in [0.1, 0.15) is 33.3 Å². The lowest BCUT2D eigenvalue weighted by Crippen LogP contribution is -2.37. The van der Waals surface area contributed by atoms with Crippen LogP contribution >= 0.6 is 11.6 Å². The van der Waals surface area contributed by atoms with E-state index in [9.17, 15) is 22.8 Å². The van der Waals surface area contributed by atoms with Crippen LogP contribution in [-0.4, -0.2) is 35.0 Å². The number of hydrogen-bond donors (Lipinski definition) is 1. The van der Waals surface area contributed by atoms with Gasteiger partial charge in [0.25, 0.3) is 11.8 Å². The van der Waals surface area contributed by atoms with E-state index in [1.165, 1.54) is 0 Å². The van der Waals surface area contributed by atoms with Crippen LogP contribution in [0.4, 0.5) is 19.0 Å². The van der Waals surface area contributed by atoms with Gasteiger partial charge in [-0.15, -0.1) is 0 Å². The molecule has 10 heteroatoms. The third kappa shape index (κ3) is 5.10. The Hall–Kier alpha value is -1.87. The standard InChI is InChI=1S/C17H21ClF3N3O3/c1-9-10(7-27-8-16(2,3)4)15(26)24(14(9)25)23-12-6-5-11(13(18)22-12)17(19,20)21/h5-6,9-10H,7-8H2,1-4H3,(H,22,23). The average Bonchev–Trinajstić information content (AvgIpc) is 2.70. The molecule has 2 heterocycles. The van der Waals surface area contributed by atoms with Crippen molar-refractivity contribution in [2.24, 2.45) is 17.3 Å². The maximum Gasteiger partial charge on any atom is 0.419 e. The minimum absolute atomic E-state index is 0.0718. The van der Waals surface area contributed by atoms with E-state index in [1.54, 1.807) is 6.92 Å². The van der Waals surface area contributed by atoms with Gasteiger partial charge in [-0.3, -0.25) is 15.0 Å². The smallest absolute Gasteiger partial charge is 0.380 e. The van der Waals surface area contributed by atoms with Crippen molar-refractivity contribution in [3.8, 4) is 0 Å². The zero-order valence-electron chi connectivity index (χ0n) is 15.4. The van der Waals surface area contributed by atoms with Crippen molar-refractivity contribution in [2.45, 2.75) is 33.9 Å². The molecule has 1 aliphatic heterocycles. The second-order valence-corrected chi connectivity index (χ2v) is 7.99. The molecule has 150 valence electrons. The van der Waals surface area contributed by atoms with E-state index in [1.807, 2.05) is 20.8 Å². The van der Waals surface area contributed by atoms with Crippen LogP contribution in [0.2, 0.25) is 5.15 Å². The van der Waals surface area contributed by atoms with Gasteiger partial charge in [-0.2, -0.15) is 18.2 Å². The number of hydrazine groups is 1. The molecule has 0 aliphatic carbocycles. The van der Waals surface area contributed by atoms with Gasteiger partial charge in [-0.1, -0.05) is 39.3 Å². The fourth-order valence-electron chi connectivity index (χ4n) is 2.50. The molecule has 1 aromatic heterocycles. The quantitative estimate of drug-likeness (QED) is 0.594. The van der Waals surface area contributed by atoms with E-state index < -0.39 is 40.5 Å². The van der Waals surface area contributed by atoms with Gasteiger partial charge in [-0.05, 0) is 17.5 Å². The number of carbonyl (C=O) groups excluding carboxylic acids is 2. The molecule has 0 radical (unpaired) electrons. The molecule has 2 rings (SSSR count). The number of halogens is 4. The Labute approximate surface area is 160 Å². The number of amides is 2. The zero-order valence-corrected chi connectivity index (χ0v) is 16.1. The summed E-state index contributed by atoms with van der Waals surface area (Å²) in [5.41, 5.74) is 1.25. The molecule has 2 amide bonds. The van der Waals surface area contributed by atoms with Gasteiger partial charge in [0, 0.05) is 0 Å². The predicted octanol–water partition coefficient (Wildman–Crippen LogP) is 3.76. The molecule has 6 nitrogen and oxygen atoms in total. The summed E-state index contributed by atoms with van der Waals surface area (Å²) in [5, 5.41) is -0.0217. The van der Waals surface area contributed by atoms with Gasteiger partial charge in [-0.25, -0.2) is 4.98 Å². The van der Waals surface area contributed by atoms with E-state index >= 15 is 0 Å². The number of aromatic nitrogens is 1. The number of ether oxygens (including phenoxy) is 1. The Kier molecular flexibility index (Phi) is 6.06. The van der Waals surface area contributed by atoms with Crippen molar-refractivity contribution in [3.63, 3.8) is 0 Å². The molecule has 27 heavy (non-hydrogen) atoms. The third-order valence-corrected chi connectivity index (χ3v) is 4.25. The van der Waals surface area contributed by atoms with Gasteiger partial charge in [0.15, 0.2) is 0 Å². The van der Waals surface area contributed by atoms with Crippen LogP contribution in [0.3, 0.4) is 0 Å². The summed E-state index contributed by atoms with van der Waals surface area (Å²) in [7, 11) is 0. The van der Waals surface area contributed by atoms with Gasteiger partial charge in [0.2, 0.25) is 0 Å². The molecular weight excluding hydrogens is 387 g/mol. The van der Waals surface area contributed by atoms with Crippen molar-refractivity contribution in [2.75, 3.05) is 18.6 Å². The van der Waals surface area contributed by atoms with Crippen LogP contribution in [0.15, 0.2) is 12.1 Å². The lowest BCUT2D eigenvalue weighted by atomic mass is 9.97. The molecule has 2 unspecified atom stereocenters. The number of pyridine rings is 1. The molecule has 0 bridgehead atoms.